The fourth-order valence-corrected chi connectivity index (χ4v) is 7.86. The van der Waals surface area contributed by atoms with Crippen LogP contribution in [0.5, 0.6) is 0 Å². The van der Waals surface area contributed by atoms with Crippen LogP contribution in [0.4, 0.5) is 0 Å². The van der Waals surface area contributed by atoms with E-state index in [1.807, 2.05) is 0 Å². The molecule has 26 heavy (non-hydrogen) atoms. The molecule has 3 aromatic rings. The van der Waals surface area contributed by atoms with Crippen LogP contribution in [0.2, 0.25) is 0 Å². The van der Waals surface area contributed by atoms with Crippen LogP contribution in [-0.4, -0.2) is 0 Å². The Bertz CT molecular complexity index is 784. The van der Waals surface area contributed by atoms with Crippen molar-refractivity contribution < 1.29 is 0 Å². The molecule has 0 aromatic heterocycles. The van der Waals surface area contributed by atoms with E-state index >= 15 is 0 Å². The van der Waals surface area contributed by atoms with Gasteiger partial charge in [0.1, 0.15) is 15.9 Å². The van der Waals surface area contributed by atoms with Crippen molar-refractivity contribution in [3.63, 3.8) is 0 Å². The monoisotopic (exact) mass is 423 g/mol. The number of hydrogen-bond donors (Lipinski definition) is 0. The Morgan fingerprint density at radius 3 is 1.69 bits per heavy atom. The number of allylic oxidation sites excluding steroid dienone is 2. The van der Waals surface area contributed by atoms with Crippen molar-refractivity contribution >= 4 is 37.4 Å². The number of halogens is 1. The lowest BCUT2D eigenvalue weighted by molar-refractivity contribution is 0.993. The molecule has 132 valence electrons. The van der Waals surface area contributed by atoms with Gasteiger partial charge in [0, 0.05) is 0 Å². The number of benzene rings is 3. The molecule has 2 heteroatoms. The topological polar surface area (TPSA) is 0 Å². The summed E-state index contributed by atoms with van der Waals surface area (Å²) in [5.74, 6) is -1.78. The van der Waals surface area contributed by atoms with Crippen molar-refractivity contribution in [1.29, 1.82) is 0 Å². The van der Waals surface area contributed by atoms with E-state index in [1.54, 1.807) is 0 Å². The van der Waals surface area contributed by atoms with E-state index in [2.05, 4.69) is 119 Å². The van der Waals surface area contributed by atoms with E-state index in [0.29, 0.717) is 0 Å². The molecule has 0 saturated carbocycles. The summed E-state index contributed by atoms with van der Waals surface area (Å²) in [5, 5.41) is 4.07. The SMILES string of the molecule is CC/C=C\CCc1ccc([P+](Br)(c2ccccc2)c2ccccc2)cc1. The van der Waals surface area contributed by atoms with Gasteiger partial charge in [-0.1, -0.05) is 67.6 Å². The van der Waals surface area contributed by atoms with Crippen molar-refractivity contribution in [3.05, 3.63) is 103 Å². The molecule has 3 aromatic carbocycles. The van der Waals surface area contributed by atoms with E-state index in [1.165, 1.54) is 21.5 Å². The molecule has 0 saturated heterocycles. The summed E-state index contributed by atoms with van der Waals surface area (Å²) in [7, 11) is 0. The van der Waals surface area contributed by atoms with Crippen LogP contribution in [0.25, 0.3) is 0 Å². The summed E-state index contributed by atoms with van der Waals surface area (Å²) in [5.41, 5.74) is 1.40. The molecule has 0 bridgehead atoms. The lowest BCUT2D eigenvalue weighted by Gasteiger charge is -2.20. The van der Waals surface area contributed by atoms with Gasteiger partial charge in [-0.3, -0.25) is 0 Å². The fraction of sp³-hybridized carbons (Fsp3) is 0.167. The molecular formula is C24H25BrP+. The molecule has 0 amide bonds. The van der Waals surface area contributed by atoms with Crippen LogP contribution < -0.4 is 15.9 Å². The zero-order chi connectivity index (χ0) is 18.2. The summed E-state index contributed by atoms with van der Waals surface area (Å²) >= 11 is 4.21. The standard InChI is InChI=1S/C24H25BrP/c1-2-3-4-7-12-21-17-19-24(20-18-21)26(25,22-13-8-5-9-14-22)23-15-10-6-11-16-23/h3-6,8-11,13-20H,2,7,12H2,1H3/q+1/b4-3-. The van der Waals surface area contributed by atoms with E-state index in [9.17, 15) is 0 Å². The van der Waals surface area contributed by atoms with Gasteiger partial charge in [0.25, 0.3) is 0 Å². The third kappa shape index (κ3) is 4.34. The predicted molar refractivity (Wildman–Crippen MR) is 122 cm³/mol. The van der Waals surface area contributed by atoms with Crippen molar-refractivity contribution in [2.45, 2.75) is 26.2 Å². The van der Waals surface area contributed by atoms with Gasteiger partial charge < -0.3 is 0 Å². The molecule has 0 N–H and O–H groups in total. The Kier molecular flexibility index (Phi) is 6.83. The van der Waals surface area contributed by atoms with Gasteiger partial charge in [0.05, 0.1) is 0 Å². The summed E-state index contributed by atoms with van der Waals surface area (Å²) in [4.78, 5) is 0. The lowest BCUT2D eigenvalue weighted by Crippen LogP contribution is -2.26. The molecule has 0 nitrogen and oxygen atoms in total. The Balaban J connectivity index is 1.94. The third-order valence-corrected chi connectivity index (χ3v) is 11.2. The van der Waals surface area contributed by atoms with Gasteiger partial charge in [0.2, 0.25) is 0 Å². The molecule has 0 aliphatic rings. The zero-order valence-corrected chi connectivity index (χ0v) is 17.7. The van der Waals surface area contributed by atoms with Crippen LogP contribution in [0.1, 0.15) is 25.3 Å². The highest BCUT2D eigenvalue weighted by atomic mass is 79.9. The van der Waals surface area contributed by atoms with E-state index in [4.69, 9.17) is 0 Å². The van der Waals surface area contributed by atoms with Gasteiger partial charge in [0.15, 0.2) is 21.5 Å². The first-order valence-electron chi connectivity index (χ1n) is 9.19. The Morgan fingerprint density at radius 2 is 1.19 bits per heavy atom. The highest BCUT2D eigenvalue weighted by Gasteiger charge is 2.43. The first kappa shape index (κ1) is 19.1. The van der Waals surface area contributed by atoms with Crippen molar-refractivity contribution in [3.8, 4) is 0 Å². The molecule has 0 atom stereocenters. The minimum atomic E-state index is -1.78. The van der Waals surface area contributed by atoms with Crippen LogP contribution >= 0.6 is 21.5 Å². The Hall–Kier alpha value is -1.69. The highest BCUT2D eigenvalue weighted by Crippen LogP contribution is 2.62. The molecule has 0 radical (unpaired) electrons. The van der Waals surface area contributed by atoms with Crippen molar-refractivity contribution in [2.75, 3.05) is 0 Å². The first-order chi connectivity index (χ1) is 12.7. The first-order valence-corrected chi connectivity index (χ1v) is 13.0. The van der Waals surface area contributed by atoms with Crippen LogP contribution in [0.15, 0.2) is 97.1 Å². The van der Waals surface area contributed by atoms with Crippen LogP contribution in [0.3, 0.4) is 0 Å². The number of aryl methyl sites for hydroxylation is 1. The number of hydrogen-bond acceptors (Lipinski definition) is 0. The van der Waals surface area contributed by atoms with Crippen molar-refractivity contribution in [1.82, 2.24) is 0 Å². The molecular weight excluding hydrogens is 399 g/mol. The predicted octanol–water partition coefficient (Wildman–Crippen LogP) is 6.19. The van der Waals surface area contributed by atoms with Gasteiger partial charge in [-0.15, -0.1) is 0 Å². The average Bonchev–Trinajstić information content (AvgIpc) is 2.72. The van der Waals surface area contributed by atoms with E-state index in [-0.39, 0.29) is 0 Å². The quantitative estimate of drug-likeness (QED) is 0.314. The molecule has 0 aliphatic carbocycles. The van der Waals surface area contributed by atoms with Gasteiger partial charge in [-0.05, 0) is 61.2 Å². The minimum Gasteiger partial charge on any atom is -0.0888 e. The third-order valence-electron chi connectivity index (χ3n) is 4.52. The largest absolute Gasteiger partial charge is 0.181 e. The summed E-state index contributed by atoms with van der Waals surface area (Å²) in [6, 6.07) is 30.8. The summed E-state index contributed by atoms with van der Waals surface area (Å²) in [6.07, 6.45) is 7.85. The average molecular weight is 424 g/mol. The zero-order valence-electron chi connectivity index (χ0n) is 15.2. The van der Waals surface area contributed by atoms with Crippen LogP contribution in [-0.2, 0) is 6.42 Å². The Labute approximate surface area is 166 Å². The normalized spacial score (nSPS) is 11.8. The van der Waals surface area contributed by atoms with E-state index < -0.39 is 5.96 Å². The second kappa shape index (κ2) is 9.31. The maximum Gasteiger partial charge on any atom is 0.181 e. The smallest absolute Gasteiger partial charge is 0.0888 e. The molecule has 0 unspecified atom stereocenters. The number of rotatable bonds is 7. The summed E-state index contributed by atoms with van der Waals surface area (Å²) in [6.45, 7) is 2.18. The molecule has 3 rings (SSSR count). The van der Waals surface area contributed by atoms with Gasteiger partial charge in [-0.2, -0.15) is 0 Å². The second-order valence-electron chi connectivity index (χ2n) is 6.34. The maximum atomic E-state index is 4.21. The highest BCUT2D eigenvalue weighted by molar-refractivity contribution is 9.44. The van der Waals surface area contributed by atoms with Crippen molar-refractivity contribution in [2.24, 2.45) is 0 Å². The molecule has 0 heterocycles. The van der Waals surface area contributed by atoms with Gasteiger partial charge >= 0.3 is 0 Å². The Morgan fingerprint density at radius 1 is 0.692 bits per heavy atom. The molecule has 0 aliphatic heterocycles. The molecule has 0 spiro atoms. The lowest BCUT2D eigenvalue weighted by atomic mass is 10.1. The van der Waals surface area contributed by atoms with Gasteiger partial charge in [-0.25, -0.2) is 0 Å². The van der Waals surface area contributed by atoms with E-state index in [0.717, 1.165) is 19.3 Å². The maximum absolute atomic E-state index is 4.21. The summed E-state index contributed by atoms with van der Waals surface area (Å²) < 4.78 is 0. The second-order valence-corrected chi connectivity index (χ2v) is 12.3. The van der Waals surface area contributed by atoms with Crippen LogP contribution in [0, 0.1) is 0 Å². The molecule has 0 fully saturated rings. The minimum absolute atomic E-state index is 1.10. The fourth-order valence-electron chi connectivity index (χ4n) is 3.12.